The Balaban J connectivity index is 0. The zero-order valence-electron chi connectivity index (χ0n) is 26.0. The van der Waals surface area contributed by atoms with E-state index in [2.05, 4.69) is 96.8 Å². The fraction of sp³-hybridized carbons (Fsp3) is 0.417. The van der Waals surface area contributed by atoms with Gasteiger partial charge in [-0.2, -0.15) is 0 Å². The van der Waals surface area contributed by atoms with Gasteiger partial charge in [-0.1, -0.05) is 109 Å². The third-order valence-electron chi connectivity index (χ3n) is 5.81. The van der Waals surface area contributed by atoms with Gasteiger partial charge in [-0.25, -0.2) is 0 Å². The monoisotopic (exact) mass is 516 g/mol. The summed E-state index contributed by atoms with van der Waals surface area (Å²) in [7, 11) is 0. The minimum Gasteiger partial charge on any atom is -0.326 e. The van der Waals surface area contributed by atoms with Gasteiger partial charge in [0.1, 0.15) is 0 Å². The van der Waals surface area contributed by atoms with Crippen LogP contribution in [0.5, 0.6) is 0 Å². The summed E-state index contributed by atoms with van der Waals surface area (Å²) < 4.78 is 0. The van der Waals surface area contributed by atoms with Crippen molar-refractivity contribution in [2.24, 2.45) is 11.7 Å². The zero-order chi connectivity index (χ0) is 29.7. The number of benzene rings is 2. The molecule has 0 amide bonds. The maximum atomic E-state index is 8.43. The van der Waals surface area contributed by atoms with Crippen LogP contribution in [0.4, 0.5) is 0 Å². The van der Waals surface area contributed by atoms with E-state index in [1.54, 1.807) is 6.08 Å². The second-order valence-electron chi connectivity index (χ2n) is 9.50. The summed E-state index contributed by atoms with van der Waals surface area (Å²) in [5.74, 6) is 0.592. The Morgan fingerprint density at radius 3 is 2.00 bits per heavy atom. The molecule has 0 aliphatic carbocycles. The van der Waals surface area contributed by atoms with Crippen LogP contribution in [0.1, 0.15) is 98.3 Å². The molecule has 0 radical (unpaired) electrons. The van der Waals surface area contributed by atoms with Crippen LogP contribution in [0.15, 0.2) is 91.1 Å². The third-order valence-corrected chi connectivity index (χ3v) is 5.81. The molecule has 0 fully saturated rings. The fourth-order valence-electron chi connectivity index (χ4n) is 3.75. The van der Waals surface area contributed by atoms with Gasteiger partial charge in [0.05, 0.1) is 0 Å². The molecule has 0 aliphatic rings. The lowest BCUT2D eigenvalue weighted by Crippen LogP contribution is -2.06. The number of nitrogens with two attached hydrogens (primary N) is 1. The topological polar surface area (TPSA) is 49.9 Å². The molecular formula is C36H56N2. The van der Waals surface area contributed by atoms with E-state index < -0.39 is 0 Å². The standard InChI is InChI=1S/C21H28N2.C10H16.C3H6.C2H6/c1-4-6-21(23)20-13-18(9-10-19(20)11-15(2)3)17-8-5-7-16(12-17)14-22;1-6-10(7-2)9(5)8(3)4;1-3-2;1-2/h5,7-10,12-13,15,23H,4,6,11,14,22H2,1-3H3;6H,1,3,7H2,2,4-5H3;3H,1H2,2H3;1-2H3/b;10-9+;;. The van der Waals surface area contributed by atoms with Crippen LogP contribution in [0.3, 0.4) is 0 Å². The lowest BCUT2D eigenvalue weighted by Gasteiger charge is -2.15. The second-order valence-corrected chi connectivity index (χ2v) is 9.50. The normalized spacial score (nSPS) is 10.4. The van der Waals surface area contributed by atoms with Gasteiger partial charge in [-0.05, 0) is 97.0 Å². The molecule has 210 valence electrons. The second kappa shape index (κ2) is 22.1. The average molecular weight is 517 g/mol. The van der Waals surface area contributed by atoms with Crippen molar-refractivity contribution in [1.29, 1.82) is 5.41 Å². The van der Waals surface area contributed by atoms with E-state index in [9.17, 15) is 0 Å². The molecule has 0 bridgehead atoms. The quantitative estimate of drug-likeness (QED) is 0.184. The number of hydrogen-bond acceptors (Lipinski definition) is 2. The van der Waals surface area contributed by atoms with Crippen molar-refractivity contribution < 1.29 is 0 Å². The van der Waals surface area contributed by atoms with E-state index in [-0.39, 0.29) is 0 Å². The van der Waals surface area contributed by atoms with E-state index in [1.165, 1.54) is 27.8 Å². The largest absolute Gasteiger partial charge is 0.326 e. The summed E-state index contributed by atoms with van der Waals surface area (Å²) >= 11 is 0. The van der Waals surface area contributed by atoms with Crippen molar-refractivity contribution in [3.05, 3.63) is 108 Å². The zero-order valence-corrected chi connectivity index (χ0v) is 26.0. The molecule has 0 spiro atoms. The minimum atomic E-state index is 0.553. The van der Waals surface area contributed by atoms with Gasteiger partial charge < -0.3 is 11.1 Å². The molecule has 0 heterocycles. The van der Waals surface area contributed by atoms with Crippen molar-refractivity contribution in [1.82, 2.24) is 0 Å². The molecule has 0 aromatic heterocycles. The van der Waals surface area contributed by atoms with Crippen molar-refractivity contribution in [2.75, 3.05) is 0 Å². The first-order valence-electron chi connectivity index (χ1n) is 14.1. The van der Waals surface area contributed by atoms with Gasteiger partial charge in [-0.15, -0.1) is 6.58 Å². The van der Waals surface area contributed by atoms with E-state index in [4.69, 9.17) is 11.1 Å². The highest BCUT2D eigenvalue weighted by Gasteiger charge is 2.11. The van der Waals surface area contributed by atoms with Crippen molar-refractivity contribution in [3.63, 3.8) is 0 Å². The summed E-state index contributed by atoms with van der Waals surface area (Å²) in [6, 6.07) is 14.9. The Labute approximate surface area is 236 Å². The first-order chi connectivity index (χ1) is 18.1. The predicted molar refractivity (Wildman–Crippen MR) is 175 cm³/mol. The number of nitrogens with one attached hydrogen (secondary N) is 1. The van der Waals surface area contributed by atoms with Crippen molar-refractivity contribution >= 4 is 5.71 Å². The maximum Gasteiger partial charge on any atom is 0.0389 e. The van der Waals surface area contributed by atoms with Crippen LogP contribution in [-0.4, -0.2) is 5.71 Å². The number of allylic oxidation sites excluding steroid dienone is 5. The molecule has 0 unspecified atom stereocenters. The molecule has 0 aliphatic heterocycles. The molecule has 0 saturated heterocycles. The molecule has 2 aromatic rings. The van der Waals surface area contributed by atoms with Gasteiger partial charge >= 0.3 is 0 Å². The molecule has 0 saturated carbocycles. The van der Waals surface area contributed by atoms with Gasteiger partial charge in [0.2, 0.25) is 0 Å². The SMILES string of the molecule is C=C/C(CC)=C(/C)C(=C)C.C=CC.CC.CCCC(=N)c1cc(-c2cccc(CN)c2)ccc1CC(C)C. The molecule has 2 aromatic carbocycles. The van der Waals surface area contributed by atoms with E-state index >= 15 is 0 Å². The van der Waals surface area contributed by atoms with Crippen molar-refractivity contribution in [2.45, 2.75) is 94.5 Å². The molecule has 2 heteroatoms. The highest BCUT2D eigenvalue weighted by molar-refractivity contribution is 6.00. The van der Waals surface area contributed by atoms with Gasteiger partial charge in [0.25, 0.3) is 0 Å². The summed E-state index contributed by atoms with van der Waals surface area (Å²) in [5.41, 5.74) is 16.1. The first-order valence-corrected chi connectivity index (χ1v) is 14.1. The van der Waals surface area contributed by atoms with Crippen LogP contribution in [-0.2, 0) is 13.0 Å². The van der Waals surface area contributed by atoms with Crippen LogP contribution < -0.4 is 5.73 Å². The molecule has 3 N–H and O–H groups in total. The molecule has 38 heavy (non-hydrogen) atoms. The van der Waals surface area contributed by atoms with E-state index in [0.717, 1.165) is 48.1 Å². The van der Waals surface area contributed by atoms with Gasteiger partial charge in [0, 0.05) is 12.3 Å². The molecular weight excluding hydrogens is 460 g/mol. The van der Waals surface area contributed by atoms with E-state index in [0.29, 0.717) is 12.5 Å². The molecule has 2 nitrogen and oxygen atoms in total. The Morgan fingerprint density at radius 1 is 1.00 bits per heavy atom. The number of rotatable bonds is 10. The lowest BCUT2D eigenvalue weighted by atomic mass is 9.90. The summed E-state index contributed by atoms with van der Waals surface area (Å²) in [6.07, 6.45) is 7.56. The third kappa shape index (κ3) is 14.1. The first kappa shape index (κ1) is 37.2. The summed E-state index contributed by atoms with van der Waals surface area (Å²) in [4.78, 5) is 0. The Bertz CT molecular complexity index is 1020. The Kier molecular flexibility index (Phi) is 21.6. The number of hydrogen-bond donors (Lipinski definition) is 2. The lowest BCUT2D eigenvalue weighted by molar-refractivity contribution is 0.646. The smallest absolute Gasteiger partial charge is 0.0389 e. The highest BCUT2D eigenvalue weighted by Crippen LogP contribution is 2.26. The van der Waals surface area contributed by atoms with Gasteiger partial charge in [0.15, 0.2) is 0 Å². The van der Waals surface area contributed by atoms with Crippen LogP contribution in [0.25, 0.3) is 11.1 Å². The van der Waals surface area contributed by atoms with Crippen molar-refractivity contribution in [3.8, 4) is 11.1 Å². The van der Waals surface area contributed by atoms with Gasteiger partial charge in [-0.3, -0.25) is 0 Å². The highest BCUT2D eigenvalue weighted by atomic mass is 14.5. The van der Waals surface area contributed by atoms with Crippen LogP contribution in [0.2, 0.25) is 0 Å². The maximum absolute atomic E-state index is 8.43. The summed E-state index contributed by atoms with van der Waals surface area (Å²) in [5, 5.41) is 8.43. The summed E-state index contributed by atoms with van der Waals surface area (Å²) in [6.45, 7) is 30.2. The minimum absolute atomic E-state index is 0.553. The van der Waals surface area contributed by atoms with Crippen LogP contribution >= 0.6 is 0 Å². The Hall–Kier alpha value is -2.97. The van der Waals surface area contributed by atoms with Crippen LogP contribution in [0, 0.1) is 11.3 Å². The van der Waals surface area contributed by atoms with E-state index in [1.807, 2.05) is 33.8 Å². The molecule has 0 atom stereocenters. The predicted octanol–water partition coefficient (Wildman–Crippen LogP) is 10.9. The Morgan fingerprint density at radius 2 is 1.58 bits per heavy atom. The molecule has 2 rings (SSSR count). The average Bonchev–Trinajstić information content (AvgIpc) is 2.91. The fourth-order valence-corrected chi connectivity index (χ4v) is 3.75.